The van der Waals surface area contributed by atoms with E-state index in [4.69, 9.17) is 9.98 Å². The lowest BCUT2D eigenvalue weighted by atomic mass is 9.88. The molecule has 2 heterocycles. The quantitative estimate of drug-likeness (QED) is 0.253. The Morgan fingerprint density at radius 1 is 0.886 bits per heavy atom. The van der Waals surface area contributed by atoms with Gasteiger partial charge in [-0.25, -0.2) is 9.98 Å². The molecule has 44 heavy (non-hydrogen) atoms. The molecule has 1 aliphatic heterocycles. The number of rotatable bonds is 5. The van der Waals surface area contributed by atoms with Crippen molar-refractivity contribution in [3.8, 4) is 11.1 Å². The Hall–Kier alpha value is -4.44. The number of amidine groups is 1. The first-order chi connectivity index (χ1) is 21.7. The van der Waals surface area contributed by atoms with E-state index >= 15 is 0 Å². The number of nitrogens with one attached hydrogen (secondary N) is 1. The number of hydrogen-bond acceptors (Lipinski definition) is 3. The molecule has 1 N–H and O–H groups in total. The molecule has 4 heteroatoms. The second kappa shape index (κ2) is 10.9. The first-order valence-corrected chi connectivity index (χ1v) is 16.5. The van der Waals surface area contributed by atoms with Crippen molar-refractivity contribution in [2.45, 2.75) is 65.0 Å². The van der Waals surface area contributed by atoms with Gasteiger partial charge in [-0.15, -0.1) is 0 Å². The predicted molar refractivity (Wildman–Crippen MR) is 185 cm³/mol. The Morgan fingerprint density at radius 2 is 1.77 bits per heavy atom. The molecule has 4 aromatic rings. The monoisotopic (exact) mass is 576 g/mol. The standard InChI is InChI=1S/C40H40N4/c1-4-25-17-19-30-29(6-3)36-31(33(30)23-25)20-21-32-34-24-26(5-2)18-22-35(34)44(37(32)36)40-42-38(27-13-9-7-10-14-27)41-39(43-40)28-15-11-8-12-16-28/h7-15,17-23,26,28-29,39H,4-6,16,24H2,1-3H3,(H,41,42,43). The molecule has 0 saturated carbocycles. The third-order valence-corrected chi connectivity index (χ3v) is 10.2. The van der Waals surface area contributed by atoms with Crippen molar-refractivity contribution in [3.63, 3.8) is 0 Å². The van der Waals surface area contributed by atoms with Crippen molar-refractivity contribution in [3.05, 3.63) is 125 Å². The fourth-order valence-corrected chi connectivity index (χ4v) is 7.79. The topological polar surface area (TPSA) is 41.7 Å². The summed E-state index contributed by atoms with van der Waals surface area (Å²) >= 11 is 0. The van der Waals surface area contributed by atoms with Gasteiger partial charge in [0.25, 0.3) is 0 Å². The maximum absolute atomic E-state index is 5.44. The molecule has 0 spiro atoms. The smallest absolute Gasteiger partial charge is 0.211 e. The number of aryl methyl sites for hydroxylation is 1. The van der Waals surface area contributed by atoms with Crippen LogP contribution in [0.2, 0.25) is 0 Å². The van der Waals surface area contributed by atoms with Crippen molar-refractivity contribution in [1.29, 1.82) is 0 Å². The van der Waals surface area contributed by atoms with E-state index in [0.717, 1.165) is 49.5 Å². The fraction of sp³-hybridized carbons (Fsp3) is 0.300. The second-order valence-electron chi connectivity index (χ2n) is 12.6. The highest BCUT2D eigenvalue weighted by Crippen LogP contribution is 2.51. The van der Waals surface area contributed by atoms with Gasteiger partial charge in [0.2, 0.25) is 5.96 Å². The normalized spacial score (nSPS) is 23.2. The molecule has 0 bridgehead atoms. The zero-order valence-electron chi connectivity index (χ0n) is 25.9. The fourth-order valence-electron chi connectivity index (χ4n) is 7.79. The van der Waals surface area contributed by atoms with Crippen LogP contribution in [0.25, 0.3) is 28.1 Å². The first-order valence-electron chi connectivity index (χ1n) is 16.5. The van der Waals surface area contributed by atoms with Crippen LogP contribution < -0.4 is 5.32 Å². The Morgan fingerprint density at radius 3 is 2.55 bits per heavy atom. The maximum Gasteiger partial charge on any atom is 0.211 e. The van der Waals surface area contributed by atoms with E-state index in [1.165, 1.54) is 50.0 Å². The first kappa shape index (κ1) is 27.1. The van der Waals surface area contributed by atoms with Gasteiger partial charge >= 0.3 is 0 Å². The van der Waals surface area contributed by atoms with E-state index in [-0.39, 0.29) is 12.1 Å². The summed E-state index contributed by atoms with van der Waals surface area (Å²) in [4.78, 5) is 10.6. The molecule has 1 aromatic heterocycles. The largest absolute Gasteiger partial charge is 0.310 e. The van der Waals surface area contributed by atoms with Crippen molar-refractivity contribution >= 4 is 28.8 Å². The van der Waals surface area contributed by atoms with Gasteiger partial charge in [0.15, 0.2) is 6.17 Å². The minimum absolute atomic E-state index is 0.199. The highest BCUT2D eigenvalue weighted by molar-refractivity contribution is 6.14. The van der Waals surface area contributed by atoms with Crippen LogP contribution in [-0.2, 0) is 12.8 Å². The molecule has 4 atom stereocenters. The van der Waals surface area contributed by atoms with Crippen LogP contribution in [0.5, 0.6) is 0 Å². The average molecular weight is 577 g/mol. The van der Waals surface area contributed by atoms with Gasteiger partial charge in [-0.2, -0.15) is 0 Å². The third-order valence-electron chi connectivity index (χ3n) is 10.2. The van der Waals surface area contributed by atoms with E-state index in [2.05, 4.69) is 128 Å². The summed E-state index contributed by atoms with van der Waals surface area (Å²) in [6, 6.07) is 22.5. The van der Waals surface area contributed by atoms with Crippen molar-refractivity contribution in [2.24, 2.45) is 21.8 Å². The minimum atomic E-state index is -0.199. The SMILES string of the molecule is CCc1ccc2c(c1)-c1ccc3c4c(n(C5=NC(C6C=CC=CC6)N=C(c6ccccc6)N5)c3c1C2CC)C=CC(CC)C4. The van der Waals surface area contributed by atoms with Crippen LogP contribution in [0.3, 0.4) is 0 Å². The van der Waals surface area contributed by atoms with Gasteiger partial charge in [-0.05, 0) is 77.5 Å². The van der Waals surface area contributed by atoms with Crippen LogP contribution >= 0.6 is 0 Å². The molecule has 8 rings (SSSR count). The third kappa shape index (κ3) is 4.26. The van der Waals surface area contributed by atoms with Crippen molar-refractivity contribution < 1.29 is 0 Å². The Bertz CT molecular complexity index is 1920. The Balaban J connectivity index is 1.38. The van der Waals surface area contributed by atoms with Gasteiger partial charge in [0, 0.05) is 22.8 Å². The number of benzene rings is 3. The van der Waals surface area contributed by atoms with Gasteiger partial charge in [-0.1, -0.05) is 112 Å². The van der Waals surface area contributed by atoms with Gasteiger partial charge in [-0.3, -0.25) is 4.57 Å². The zero-order valence-corrected chi connectivity index (χ0v) is 25.9. The molecular weight excluding hydrogens is 536 g/mol. The molecular formula is C40H40N4. The number of aromatic nitrogens is 1. The molecule has 4 unspecified atom stereocenters. The van der Waals surface area contributed by atoms with Crippen molar-refractivity contribution in [1.82, 2.24) is 9.88 Å². The summed E-state index contributed by atoms with van der Waals surface area (Å²) in [6.07, 6.45) is 18.6. The minimum Gasteiger partial charge on any atom is -0.310 e. The lowest BCUT2D eigenvalue weighted by molar-refractivity contribution is 0.514. The van der Waals surface area contributed by atoms with Gasteiger partial charge in [0.05, 0.1) is 11.2 Å². The van der Waals surface area contributed by atoms with E-state index in [1.54, 1.807) is 0 Å². The van der Waals surface area contributed by atoms with Crippen LogP contribution in [0, 0.1) is 11.8 Å². The number of hydrogen-bond donors (Lipinski definition) is 1. The molecule has 4 nitrogen and oxygen atoms in total. The molecule has 0 saturated heterocycles. The molecule has 4 aliphatic rings. The Labute approximate surface area is 260 Å². The summed E-state index contributed by atoms with van der Waals surface area (Å²) in [7, 11) is 0. The second-order valence-corrected chi connectivity index (χ2v) is 12.6. The molecule has 3 aromatic carbocycles. The molecule has 220 valence electrons. The van der Waals surface area contributed by atoms with Gasteiger partial charge < -0.3 is 5.32 Å². The maximum atomic E-state index is 5.44. The molecule has 0 radical (unpaired) electrons. The number of allylic oxidation sites excluding steroid dienone is 4. The summed E-state index contributed by atoms with van der Waals surface area (Å²) in [5.74, 6) is 2.89. The van der Waals surface area contributed by atoms with E-state index in [9.17, 15) is 0 Å². The highest BCUT2D eigenvalue weighted by Gasteiger charge is 2.35. The summed E-state index contributed by atoms with van der Waals surface area (Å²) < 4.78 is 2.47. The van der Waals surface area contributed by atoms with E-state index in [0.29, 0.717) is 11.8 Å². The summed E-state index contributed by atoms with van der Waals surface area (Å²) in [5.41, 5.74) is 12.2. The Kier molecular flexibility index (Phi) is 6.74. The van der Waals surface area contributed by atoms with Crippen molar-refractivity contribution in [2.75, 3.05) is 0 Å². The zero-order chi connectivity index (χ0) is 29.8. The average Bonchev–Trinajstić information content (AvgIpc) is 3.60. The highest BCUT2D eigenvalue weighted by atomic mass is 15.3. The van der Waals surface area contributed by atoms with Gasteiger partial charge in [0.1, 0.15) is 5.84 Å². The summed E-state index contributed by atoms with van der Waals surface area (Å²) in [6.45, 7) is 6.89. The van der Waals surface area contributed by atoms with E-state index in [1.807, 2.05) is 0 Å². The lowest BCUT2D eigenvalue weighted by Gasteiger charge is -2.28. The van der Waals surface area contributed by atoms with Crippen LogP contribution in [-0.4, -0.2) is 22.5 Å². The number of aliphatic imine (C=N–C) groups is 2. The molecule has 3 aliphatic carbocycles. The lowest BCUT2D eigenvalue weighted by Crippen LogP contribution is -2.43. The molecule has 0 fully saturated rings. The van der Waals surface area contributed by atoms with Crippen LogP contribution in [0.1, 0.15) is 79.5 Å². The number of fused-ring (bicyclic) bond motifs is 7. The number of nitrogens with zero attached hydrogens (tertiary/aromatic N) is 3. The van der Waals surface area contributed by atoms with Crippen LogP contribution in [0.15, 0.2) is 101 Å². The van der Waals surface area contributed by atoms with E-state index < -0.39 is 0 Å². The van der Waals surface area contributed by atoms with Crippen LogP contribution in [0.4, 0.5) is 0 Å². The summed E-state index contributed by atoms with van der Waals surface area (Å²) in [5, 5.41) is 5.13. The molecule has 0 amide bonds. The predicted octanol–water partition coefficient (Wildman–Crippen LogP) is 9.03.